The summed E-state index contributed by atoms with van der Waals surface area (Å²) >= 11 is 5.92. The number of halogens is 1. The Morgan fingerprint density at radius 2 is 1.92 bits per heavy atom. The molecule has 0 radical (unpaired) electrons. The predicted octanol–water partition coefficient (Wildman–Crippen LogP) is 1.84. The van der Waals surface area contributed by atoms with E-state index in [9.17, 15) is 9.59 Å². The van der Waals surface area contributed by atoms with Gasteiger partial charge in [0.15, 0.2) is 0 Å². The Hall–Kier alpha value is -1.63. The molecule has 1 aromatic carbocycles. The van der Waals surface area contributed by atoms with Crippen molar-refractivity contribution in [3.63, 3.8) is 0 Å². The van der Waals surface area contributed by atoms with E-state index in [1.807, 2.05) is 11.8 Å². The number of piperazine rings is 1. The lowest BCUT2D eigenvalue weighted by molar-refractivity contribution is -0.135. The van der Waals surface area contributed by atoms with Gasteiger partial charge in [-0.25, -0.2) is 0 Å². The van der Waals surface area contributed by atoms with Crippen molar-refractivity contribution in [1.82, 2.24) is 14.7 Å². The number of carbonyl (C=O) groups is 2. The number of benzene rings is 1. The van der Waals surface area contributed by atoms with Gasteiger partial charge >= 0.3 is 0 Å². The maximum atomic E-state index is 13.1. The number of rotatable bonds is 2. The Bertz CT molecular complexity index is 702. The summed E-state index contributed by atoms with van der Waals surface area (Å²) in [5.74, 6) is 0.105. The van der Waals surface area contributed by atoms with Gasteiger partial charge in [0.25, 0.3) is 5.91 Å². The fraction of sp³-hybridized carbons (Fsp3) is 0.579. The second-order valence-corrected chi connectivity index (χ2v) is 7.58. The molecule has 1 aromatic rings. The van der Waals surface area contributed by atoms with E-state index in [1.54, 1.807) is 29.2 Å². The molecule has 3 aliphatic heterocycles. The summed E-state index contributed by atoms with van der Waals surface area (Å²) in [6, 6.07) is 6.68. The molecule has 7 heteroatoms. The van der Waals surface area contributed by atoms with Crippen LogP contribution in [0.1, 0.15) is 30.1 Å². The molecule has 26 heavy (non-hydrogen) atoms. The summed E-state index contributed by atoms with van der Waals surface area (Å²) in [6.07, 6.45) is 1.68. The molecule has 0 unspecified atom stereocenters. The van der Waals surface area contributed by atoms with Crippen LogP contribution >= 0.6 is 11.6 Å². The van der Waals surface area contributed by atoms with Crippen LogP contribution in [0.5, 0.6) is 0 Å². The van der Waals surface area contributed by atoms with Crippen LogP contribution in [-0.4, -0.2) is 77.6 Å². The lowest BCUT2D eigenvalue weighted by atomic mass is 9.96. The van der Waals surface area contributed by atoms with Crippen molar-refractivity contribution in [1.29, 1.82) is 0 Å². The summed E-state index contributed by atoms with van der Waals surface area (Å²) in [6.45, 7) is 5.87. The van der Waals surface area contributed by atoms with Gasteiger partial charge in [-0.15, -0.1) is 0 Å². The molecule has 0 aliphatic carbocycles. The fourth-order valence-electron chi connectivity index (χ4n) is 4.70. The largest absolute Gasteiger partial charge is 0.381 e. The summed E-state index contributed by atoms with van der Waals surface area (Å²) in [7, 11) is 0. The zero-order valence-corrected chi connectivity index (χ0v) is 15.7. The summed E-state index contributed by atoms with van der Waals surface area (Å²) < 4.78 is 5.55. The van der Waals surface area contributed by atoms with Crippen molar-refractivity contribution in [2.45, 2.75) is 31.5 Å². The second kappa shape index (κ2) is 6.83. The smallest absolute Gasteiger partial charge is 0.253 e. The van der Waals surface area contributed by atoms with Gasteiger partial charge in [0, 0.05) is 49.6 Å². The average Bonchev–Trinajstić information content (AvgIpc) is 2.89. The first-order valence-corrected chi connectivity index (χ1v) is 9.65. The van der Waals surface area contributed by atoms with Crippen LogP contribution in [0.3, 0.4) is 0 Å². The van der Waals surface area contributed by atoms with Crippen molar-refractivity contribution in [2.75, 3.05) is 39.4 Å². The van der Waals surface area contributed by atoms with Gasteiger partial charge in [-0.05, 0) is 31.2 Å². The SMILES string of the molecule is CCN1C(=O)[C@H]2CN(C(=O)c3ccc(Cl)cc3)CCN2C12CCOCC2. The molecule has 2 amide bonds. The normalized spacial score (nSPS) is 25.6. The second-order valence-electron chi connectivity index (χ2n) is 7.14. The molecule has 3 aliphatic rings. The van der Waals surface area contributed by atoms with Crippen molar-refractivity contribution in [3.8, 4) is 0 Å². The zero-order chi connectivity index (χ0) is 18.3. The molecular formula is C19H24ClN3O3. The number of hydrogen-bond acceptors (Lipinski definition) is 4. The molecule has 0 N–H and O–H groups in total. The lowest BCUT2D eigenvalue weighted by Crippen LogP contribution is -2.62. The molecule has 4 rings (SSSR count). The number of carbonyl (C=O) groups excluding carboxylic acids is 2. The van der Waals surface area contributed by atoms with Gasteiger partial charge in [0.2, 0.25) is 5.91 Å². The quantitative estimate of drug-likeness (QED) is 0.789. The van der Waals surface area contributed by atoms with Crippen molar-refractivity contribution in [3.05, 3.63) is 34.9 Å². The highest BCUT2D eigenvalue weighted by molar-refractivity contribution is 6.30. The lowest BCUT2D eigenvalue weighted by Gasteiger charge is -2.48. The van der Waals surface area contributed by atoms with Gasteiger partial charge in [-0.1, -0.05) is 11.6 Å². The summed E-state index contributed by atoms with van der Waals surface area (Å²) in [5.41, 5.74) is 0.380. The van der Waals surface area contributed by atoms with Gasteiger partial charge in [-0.2, -0.15) is 0 Å². The van der Waals surface area contributed by atoms with Gasteiger partial charge in [-0.3, -0.25) is 14.5 Å². The van der Waals surface area contributed by atoms with Gasteiger partial charge < -0.3 is 14.5 Å². The first kappa shape index (κ1) is 17.8. The van der Waals surface area contributed by atoms with E-state index in [2.05, 4.69) is 4.90 Å². The Morgan fingerprint density at radius 1 is 1.23 bits per heavy atom. The minimum atomic E-state index is -0.252. The number of hydrogen-bond donors (Lipinski definition) is 0. The van der Waals surface area contributed by atoms with Crippen LogP contribution in [0.2, 0.25) is 5.02 Å². The molecule has 6 nitrogen and oxygen atoms in total. The minimum absolute atomic E-state index is 0.0370. The molecule has 0 saturated carbocycles. The van der Waals surface area contributed by atoms with E-state index in [1.165, 1.54) is 0 Å². The first-order valence-electron chi connectivity index (χ1n) is 9.27. The van der Waals surface area contributed by atoms with Gasteiger partial charge in [0.05, 0.1) is 13.2 Å². The van der Waals surface area contributed by atoms with Crippen LogP contribution in [-0.2, 0) is 9.53 Å². The van der Waals surface area contributed by atoms with E-state index in [4.69, 9.17) is 16.3 Å². The monoisotopic (exact) mass is 377 g/mol. The number of likely N-dealkylation sites (N-methyl/N-ethyl adjacent to an activating group) is 1. The van der Waals surface area contributed by atoms with Crippen molar-refractivity contribution >= 4 is 23.4 Å². The maximum Gasteiger partial charge on any atom is 0.253 e. The standard InChI is InChI=1S/C19H24ClN3O3/c1-2-22-18(25)16-13-21(17(24)14-3-5-15(20)6-4-14)9-10-23(16)19(22)7-11-26-12-8-19/h3-6,16H,2,7-13H2,1H3/t16-/m1/s1. The molecular weight excluding hydrogens is 354 g/mol. The number of nitrogens with zero attached hydrogens (tertiary/aromatic N) is 3. The van der Waals surface area contributed by atoms with Crippen LogP contribution in [0.15, 0.2) is 24.3 Å². The number of fused-ring (bicyclic) bond motifs is 2. The van der Waals surface area contributed by atoms with E-state index in [0.29, 0.717) is 50.0 Å². The summed E-state index contributed by atoms with van der Waals surface area (Å²) in [5, 5.41) is 0.609. The Kier molecular flexibility index (Phi) is 4.67. The highest BCUT2D eigenvalue weighted by atomic mass is 35.5. The van der Waals surface area contributed by atoms with Crippen molar-refractivity contribution in [2.24, 2.45) is 0 Å². The van der Waals surface area contributed by atoms with Crippen LogP contribution in [0.25, 0.3) is 0 Å². The van der Waals surface area contributed by atoms with Gasteiger partial charge in [0.1, 0.15) is 11.7 Å². The Labute approximate surface area is 158 Å². The van der Waals surface area contributed by atoms with Crippen LogP contribution < -0.4 is 0 Å². The highest BCUT2D eigenvalue weighted by Gasteiger charge is 2.57. The van der Waals surface area contributed by atoms with E-state index in [0.717, 1.165) is 12.8 Å². The molecule has 0 bridgehead atoms. The molecule has 3 saturated heterocycles. The zero-order valence-electron chi connectivity index (χ0n) is 15.0. The molecule has 1 atom stereocenters. The number of ether oxygens (including phenoxy) is 1. The highest BCUT2D eigenvalue weighted by Crippen LogP contribution is 2.41. The molecule has 0 aromatic heterocycles. The Balaban J connectivity index is 1.56. The van der Waals surface area contributed by atoms with E-state index >= 15 is 0 Å². The third-order valence-corrected chi connectivity index (χ3v) is 6.21. The summed E-state index contributed by atoms with van der Waals surface area (Å²) in [4.78, 5) is 32.1. The molecule has 1 spiro atoms. The Morgan fingerprint density at radius 3 is 2.58 bits per heavy atom. The van der Waals surface area contributed by atoms with E-state index < -0.39 is 0 Å². The first-order chi connectivity index (χ1) is 12.6. The third-order valence-electron chi connectivity index (χ3n) is 5.96. The minimum Gasteiger partial charge on any atom is -0.381 e. The topological polar surface area (TPSA) is 53.1 Å². The number of amides is 2. The molecule has 3 heterocycles. The maximum absolute atomic E-state index is 13.1. The van der Waals surface area contributed by atoms with Crippen LogP contribution in [0, 0.1) is 0 Å². The fourth-order valence-corrected chi connectivity index (χ4v) is 4.82. The molecule has 3 fully saturated rings. The van der Waals surface area contributed by atoms with Crippen LogP contribution in [0.4, 0.5) is 0 Å². The van der Waals surface area contributed by atoms with E-state index in [-0.39, 0.29) is 23.5 Å². The van der Waals surface area contributed by atoms with Crippen molar-refractivity contribution < 1.29 is 14.3 Å². The average molecular weight is 378 g/mol. The predicted molar refractivity (Wildman–Crippen MR) is 98.0 cm³/mol. The molecule has 140 valence electrons. The third kappa shape index (κ3) is 2.71.